The van der Waals surface area contributed by atoms with Gasteiger partial charge < -0.3 is 13.8 Å². The van der Waals surface area contributed by atoms with Crippen LogP contribution in [0.4, 0.5) is 0 Å². The van der Waals surface area contributed by atoms with E-state index in [0.29, 0.717) is 13.2 Å². The minimum absolute atomic E-state index is 0.0215. The molecule has 1 aromatic carbocycles. The number of esters is 1. The second-order valence-corrected chi connectivity index (χ2v) is 6.63. The third-order valence-electron chi connectivity index (χ3n) is 2.84. The lowest BCUT2D eigenvalue weighted by Crippen LogP contribution is -2.32. The molecule has 0 atom stereocenters. The van der Waals surface area contributed by atoms with Crippen molar-refractivity contribution in [2.75, 3.05) is 33.7 Å². The van der Waals surface area contributed by atoms with Crippen molar-refractivity contribution in [3.05, 3.63) is 35.9 Å². The van der Waals surface area contributed by atoms with Crippen LogP contribution in [0.1, 0.15) is 12.5 Å². The van der Waals surface area contributed by atoms with E-state index in [4.69, 9.17) is 13.8 Å². The van der Waals surface area contributed by atoms with E-state index < -0.39 is 7.60 Å². The Balaban J connectivity index is 2.79. The molecule has 0 saturated heterocycles. The van der Waals surface area contributed by atoms with Gasteiger partial charge in [0.15, 0.2) is 0 Å². The molecular formula is C14H22NO5P. The molecule has 0 bridgehead atoms. The van der Waals surface area contributed by atoms with Gasteiger partial charge in [-0.2, -0.15) is 0 Å². The molecule has 0 fully saturated rings. The molecule has 0 heterocycles. The van der Waals surface area contributed by atoms with E-state index in [9.17, 15) is 9.36 Å². The molecule has 0 aromatic heterocycles. The van der Waals surface area contributed by atoms with Crippen LogP contribution in [0.3, 0.4) is 0 Å². The highest BCUT2D eigenvalue weighted by atomic mass is 31.2. The number of hydrogen-bond acceptors (Lipinski definition) is 6. The average molecular weight is 315 g/mol. The molecule has 0 radical (unpaired) electrons. The molecule has 1 aromatic rings. The number of carbonyl (C=O) groups excluding carboxylic acids is 1. The molecular weight excluding hydrogens is 293 g/mol. The molecule has 1 rings (SSSR count). The Morgan fingerprint density at radius 1 is 1.19 bits per heavy atom. The van der Waals surface area contributed by atoms with E-state index in [1.807, 2.05) is 30.3 Å². The number of nitrogens with zero attached hydrogens (tertiary/aromatic N) is 1. The van der Waals surface area contributed by atoms with E-state index in [1.165, 1.54) is 14.2 Å². The molecule has 6 nitrogen and oxygen atoms in total. The normalized spacial score (nSPS) is 11.6. The SMILES string of the molecule is CCOC(=O)CN(Cc1ccccc1)CP(=O)(OC)OC. The lowest BCUT2D eigenvalue weighted by atomic mass is 10.2. The van der Waals surface area contributed by atoms with Crippen LogP contribution in [0.25, 0.3) is 0 Å². The van der Waals surface area contributed by atoms with Gasteiger partial charge in [0, 0.05) is 20.8 Å². The van der Waals surface area contributed by atoms with Crippen LogP contribution in [0, 0.1) is 0 Å². The zero-order chi connectivity index (χ0) is 15.7. The van der Waals surface area contributed by atoms with Crippen LogP contribution < -0.4 is 0 Å². The molecule has 0 saturated carbocycles. The summed E-state index contributed by atoms with van der Waals surface area (Å²) in [5, 5.41) is 0. The predicted molar refractivity (Wildman–Crippen MR) is 80.0 cm³/mol. The summed E-state index contributed by atoms with van der Waals surface area (Å²) in [4.78, 5) is 13.4. The maximum atomic E-state index is 12.3. The van der Waals surface area contributed by atoms with E-state index in [2.05, 4.69) is 0 Å². The highest BCUT2D eigenvalue weighted by Gasteiger charge is 2.26. The number of hydrogen-bond donors (Lipinski definition) is 0. The Hall–Kier alpha value is -1.20. The third-order valence-corrected chi connectivity index (χ3v) is 4.70. The molecule has 0 aliphatic carbocycles. The summed E-state index contributed by atoms with van der Waals surface area (Å²) >= 11 is 0. The largest absolute Gasteiger partial charge is 0.465 e. The van der Waals surface area contributed by atoms with Crippen molar-refractivity contribution >= 4 is 13.6 Å². The van der Waals surface area contributed by atoms with Gasteiger partial charge in [-0.1, -0.05) is 30.3 Å². The van der Waals surface area contributed by atoms with E-state index in [1.54, 1.807) is 11.8 Å². The Morgan fingerprint density at radius 3 is 2.33 bits per heavy atom. The fraction of sp³-hybridized carbons (Fsp3) is 0.500. The number of benzene rings is 1. The highest BCUT2D eigenvalue weighted by Crippen LogP contribution is 2.46. The van der Waals surface area contributed by atoms with Crippen molar-refractivity contribution in [2.45, 2.75) is 13.5 Å². The molecule has 0 amide bonds. The summed E-state index contributed by atoms with van der Waals surface area (Å²) in [7, 11) is -0.574. The van der Waals surface area contributed by atoms with Gasteiger partial charge in [-0.25, -0.2) is 0 Å². The van der Waals surface area contributed by atoms with Crippen molar-refractivity contribution < 1.29 is 23.1 Å². The van der Waals surface area contributed by atoms with Gasteiger partial charge in [0.1, 0.15) is 6.29 Å². The van der Waals surface area contributed by atoms with Crippen molar-refractivity contribution in [3.63, 3.8) is 0 Å². The monoisotopic (exact) mass is 315 g/mol. The van der Waals surface area contributed by atoms with Crippen molar-refractivity contribution in [3.8, 4) is 0 Å². The van der Waals surface area contributed by atoms with Gasteiger partial charge >= 0.3 is 13.6 Å². The Bertz CT molecular complexity index is 472. The first-order chi connectivity index (χ1) is 10.0. The zero-order valence-corrected chi connectivity index (χ0v) is 13.5. The number of rotatable bonds is 9. The fourth-order valence-electron chi connectivity index (χ4n) is 1.82. The Morgan fingerprint density at radius 2 is 1.81 bits per heavy atom. The maximum Gasteiger partial charge on any atom is 0.344 e. The quantitative estimate of drug-likeness (QED) is 0.515. The van der Waals surface area contributed by atoms with Gasteiger partial charge in [-0.15, -0.1) is 0 Å². The summed E-state index contributed by atoms with van der Waals surface area (Å²) in [6.45, 7) is 2.54. The summed E-state index contributed by atoms with van der Waals surface area (Å²) in [6.07, 6.45) is 0.0215. The molecule has 7 heteroatoms. The lowest BCUT2D eigenvalue weighted by molar-refractivity contribution is -0.144. The van der Waals surface area contributed by atoms with Gasteiger partial charge in [-0.05, 0) is 12.5 Å². The Kier molecular flexibility index (Phi) is 7.61. The molecule has 118 valence electrons. The van der Waals surface area contributed by atoms with Crippen molar-refractivity contribution in [2.24, 2.45) is 0 Å². The first kappa shape index (κ1) is 17.9. The number of ether oxygens (including phenoxy) is 1. The van der Waals surface area contributed by atoms with Crippen LogP contribution >= 0.6 is 7.60 Å². The van der Waals surface area contributed by atoms with Crippen molar-refractivity contribution in [1.29, 1.82) is 0 Å². The number of carbonyl (C=O) groups is 1. The predicted octanol–water partition coefficient (Wildman–Crippen LogP) is 2.50. The molecule has 0 unspecified atom stereocenters. The second-order valence-electron chi connectivity index (χ2n) is 4.40. The molecule has 0 spiro atoms. The molecule has 0 aliphatic heterocycles. The van der Waals surface area contributed by atoms with Crippen LogP contribution in [-0.4, -0.2) is 44.5 Å². The van der Waals surface area contributed by atoms with E-state index >= 15 is 0 Å². The van der Waals surface area contributed by atoms with Gasteiger partial charge in [0.2, 0.25) is 0 Å². The van der Waals surface area contributed by atoms with Gasteiger partial charge in [0.05, 0.1) is 13.2 Å². The summed E-state index contributed by atoms with van der Waals surface area (Å²) < 4.78 is 27.1. The topological polar surface area (TPSA) is 65.1 Å². The van der Waals surface area contributed by atoms with Crippen LogP contribution in [0.15, 0.2) is 30.3 Å². The van der Waals surface area contributed by atoms with Gasteiger partial charge in [-0.3, -0.25) is 14.3 Å². The zero-order valence-electron chi connectivity index (χ0n) is 12.7. The van der Waals surface area contributed by atoms with Crippen molar-refractivity contribution in [1.82, 2.24) is 4.90 Å². The minimum Gasteiger partial charge on any atom is -0.465 e. The van der Waals surface area contributed by atoms with E-state index in [-0.39, 0.29) is 18.8 Å². The van der Waals surface area contributed by atoms with Crippen LogP contribution in [0.5, 0.6) is 0 Å². The smallest absolute Gasteiger partial charge is 0.344 e. The lowest BCUT2D eigenvalue weighted by Gasteiger charge is -2.24. The fourth-order valence-corrected chi connectivity index (χ4v) is 2.89. The highest BCUT2D eigenvalue weighted by molar-refractivity contribution is 7.53. The first-order valence-electron chi connectivity index (χ1n) is 6.65. The maximum absolute atomic E-state index is 12.3. The van der Waals surface area contributed by atoms with E-state index in [0.717, 1.165) is 5.56 Å². The summed E-state index contributed by atoms with van der Waals surface area (Å²) in [5.74, 6) is -0.368. The molecule has 0 aliphatic rings. The van der Waals surface area contributed by atoms with Crippen LogP contribution in [0.2, 0.25) is 0 Å². The molecule has 21 heavy (non-hydrogen) atoms. The average Bonchev–Trinajstić information content (AvgIpc) is 2.48. The Labute approximate surface area is 125 Å². The first-order valence-corrected chi connectivity index (χ1v) is 8.38. The standard InChI is InChI=1S/C14H22NO5P/c1-4-20-14(16)11-15(12-21(17,18-2)19-3)10-13-8-6-5-7-9-13/h5-9H,4,10-12H2,1-3H3. The van der Waals surface area contributed by atoms with Crippen LogP contribution in [-0.2, 0) is 29.7 Å². The second kappa shape index (κ2) is 8.95. The molecule has 0 N–H and O–H groups in total. The summed E-state index contributed by atoms with van der Waals surface area (Å²) in [6, 6.07) is 9.59. The summed E-state index contributed by atoms with van der Waals surface area (Å²) in [5.41, 5.74) is 1.00. The van der Waals surface area contributed by atoms with Gasteiger partial charge in [0.25, 0.3) is 0 Å². The third kappa shape index (κ3) is 6.40. The minimum atomic E-state index is -3.23.